The second kappa shape index (κ2) is 12.8. The summed E-state index contributed by atoms with van der Waals surface area (Å²) >= 11 is 0. The molecule has 0 aliphatic carbocycles. The third-order valence-corrected chi connectivity index (χ3v) is 6.27. The fourth-order valence-corrected chi connectivity index (χ4v) is 4.05. The standard InChI is InChI=1S/C32H30O7/c1-21(37-17-18-38-31(35)27-13-6-7-14-29(27)33)24-11-8-12-25(19-24)26-15-16-30(34)28(20-26)32(36)39-22(2)23-9-4-3-5-10-23/h3-16,19-22,33-34H,17-18H2,1-2H3. The maximum Gasteiger partial charge on any atom is 0.342 e. The van der Waals surface area contributed by atoms with Gasteiger partial charge in [0.25, 0.3) is 0 Å². The zero-order chi connectivity index (χ0) is 27.8. The molecule has 2 atom stereocenters. The number of carbonyl (C=O) groups is 2. The lowest BCUT2D eigenvalue weighted by atomic mass is 9.99. The lowest BCUT2D eigenvalue weighted by molar-refractivity contribution is 0.0122. The van der Waals surface area contributed by atoms with Gasteiger partial charge in [-0.25, -0.2) is 9.59 Å². The minimum absolute atomic E-state index is 0.0298. The number of hydrogen-bond donors (Lipinski definition) is 2. The van der Waals surface area contributed by atoms with Crippen LogP contribution in [0.25, 0.3) is 11.1 Å². The molecule has 7 heteroatoms. The van der Waals surface area contributed by atoms with Gasteiger partial charge in [0, 0.05) is 0 Å². The maximum atomic E-state index is 12.9. The normalized spacial score (nSPS) is 12.4. The summed E-state index contributed by atoms with van der Waals surface area (Å²) < 4.78 is 16.6. The smallest absolute Gasteiger partial charge is 0.342 e. The first-order valence-electron chi connectivity index (χ1n) is 12.6. The van der Waals surface area contributed by atoms with E-state index in [1.54, 1.807) is 31.2 Å². The van der Waals surface area contributed by atoms with Crippen molar-refractivity contribution in [2.45, 2.75) is 26.1 Å². The first kappa shape index (κ1) is 27.4. The number of esters is 2. The highest BCUT2D eigenvalue weighted by molar-refractivity contribution is 5.94. The van der Waals surface area contributed by atoms with Crippen LogP contribution in [0.1, 0.15) is 57.9 Å². The Morgan fingerprint density at radius 1 is 0.641 bits per heavy atom. The zero-order valence-electron chi connectivity index (χ0n) is 21.7. The maximum absolute atomic E-state index is 12.9. The predicted molar refractivity (Wildman–Crippen MR) is 147 cm³/mol. The van der Waals surface area contributed by atoms with Crippen molar-refractivity contribution in [2.75, 3.05) is 13.2 Å². The van der Waals surface area contributed by atoms with Crippen LogP contribution in [0.5, 0.6) is 11.5 Å². The second-order valence-corrected chi connectivity index (χ2v) is 8.98. The summed E-state index contributed by atoms with van der Waals surface area (Å²) in [5, 5.41) is 20.1. The van der Waals surface area contributed by atoms with E-state index >= 15 is 0 Å². The third kappa shape index (κ3) is 7.03. The summed E-state index contributed by atoms with van der Waals surface area (Å²) in [6.45, 7) is 3.86. The number of hydrogen-bond acceptors (Lipinski definition) is 7. The van der Waals surface area contributed by atoms with Crippen LogP contribution >= 0.6 is 0 Å². The van der Waals surface area contributed by atoms with Gasteiger partial charge >= 0.3 is 11.9 Å². The molecule has 0 saturated heterocycles. The molecule has 0 fully saturated rings. The van der Waals surface area contributed by atoms with Gasteiger partial charge in [-0.3, -0.25) is 0 Å². The van der Waals surface area contributed by atoms with Crippen molar-refractivity contribution in [1.82, 2.24) is 0 Å². The van der Waals surface area contributed by atoms with E-state index < -0.39 is 18.0 Å². The van der Waals surface area contributed by atoms with Crippen LogP contribution in [0.3, 0.4) is 0 Å². The van der Waals surface area contributed by atoms with E-state index in [0.29, 0.717) is 0 Å². The van der Waals surface area contributed by atoms with E-state index in [0.717, 1.165) is 22.3 Å². The van der Waals surface area contributed by atoms with E-state index in [9.17, 15) is 19.8 Å². The van der Waals surface area contributed by atoms with E-state index in [2.05, 4.69) is 0 Å². The first-order valence-corrected chi connectivity index (χ1v) is 12.6. The Morgan fingerprint density at radius 2 is 1.31 bits per heavy atom. The minimum atomic E-state index is -0.619. The SMILES string of the molecule is CC(OCCOC(=O)c1ccccc1O)c1cccc(-c2ccc(O)c(C(=O)OC(C)c3ccccc3)c2)c1. The van der Waals surface area contributed by atoms with Gasteiger partial charge < -0.3 is 24.4 Å². The molecule has 0 saturated carbocycles. The Balaban J connectivity index is 1.38. The zero-order valence-corrected chi connectivity index (χ0v) is 21.7. The van der Waals surface area contributed by atoms with Crippen molar-refractivity contribution in [2.24, 2.45) is 0 Å². The number of phenols is 2. The summed E-state index contributed by atoms with van der Waals surface area (Å²) in [5.41, 5.74) is 3.49. The molecule has 0 bridgehead atoms. The Bertz CT molecular complexity index is 1430. The average Bonchev–Trinajstić information content (AvgIpc) is 2.96. The number of aromatic hydroxyl groups is 2. The van der Waals surface area contributed by atoms with E-state index in [4.69, 9.17) is 14.2 Å². The topological polar surface area (TPSA) is 102 Å². The lowest BCUT2D eigenvalue weighted by Gasteiger charge is -2.16. The molecule has 2 N–H and O–H groups in total. The molecular weight excluding hydrogens is 496 g/mol. The van der Waals surface area contributed by atoms with Gasteiger partial charge in [0.2, 0.25) is 0 Å². The molecular formula is C32H30O7. The number of ether oxygens (including phenoxy) is 3. The number of carbonyl (C=O) groups excluding carboxylic acids is 2. The van der Waals surface area contributed by atoms with E-state index in [-0.39, 0.29) is 41.9 Å². The number of benzene rings is 4. The molecule has 2 unspecified atom stereocenters. The largest absolute Gasteiger partial charge is 0.507 e. The second-order valence-electron chi connectivity index (χ2n) is 8.98. The van der Waals surface area contributed by atoms with Gasteiger partial charge in [-0.15, -0.1) is 0 Å². The molecule has 4 aromatic rings. The van der Waals surface area contributed by atoms with Crippen molar-refractivity contribution >= 4 is 11.9 Å². The Kier molecular flexibility index (Phi) is 8.97. The van der Waals surface area contributed by atoms with Crippen LogP contribution in [0, 0.1) is 0 Å². The quantitative estimate of drug-likeness (QED) is 0.177. The monoisotopic (exact) mass is 526 g/mol. The average molecular weight is 527 g/mol. The molecule has 4 rings (SSSR count). The van der Waals surface area contributed by atoms with Gasteiger partial charge in [0.1, 0.15) is 35.3 Å². The van der Waals surface area contributed by atoms with Gasteiger partial charge in [0.15, 0.2) is 0 Å². The third-order valence-electron chi connectivity index (χ3n) is 6.27. The van der Waals surface area contributed by atoms with Crippen molar-refractivity contribution in [3.8, 4) is 22.6 Å². The van der Waals surface area contributed by atoms with Crippen LogP contribution in [-0.2, 0) is 14.2 Å². The van der Waals surface area contributed by atoms with Crippen molar-refractivity contribution in [3.05, 3.63) is 119 Å². The lowest BCUT2D eigenvalue weighted by Crippen LogP contribution is -2.12. The molecule has 0 spiro atoms. The van der Waals surface area contributed by atoms with Gasteiger partial charge in [-0.2, -0.15) is 0 Å². The number of rotatable bonds is 10. The van der Waals surface area contributed by atoms with Crippen LogP contribution in [0.2, 0.25) is 0 Å². The molecule has 39 heavy (non-hydrogen) atoms. The number of phenolic OH excluding ortho intramolecular Hbond substituents is 2. The molecule has 4 aromatic carbocycles. The van der Waals surface area contributed by atoms with Gasteiger partial charge in [0.05, 0.1) is 12.7 Å². The highest BCUT2D eigenvalue weighted by Gasteiger charge is 2.19. The molecule has 0 aliphatic heterocycles. The summed E-state index contributed by atoms with van der Waals surface area (Å²) in [6, 6.07) is 28.0. The summed E-state index contributed by atoms with van der Waals surface area (Å²) in [7, 11) is 0. The molecule has 0 amide bonds. The number of para-hydroxylation sites is 1. The Hall–Kier alpha value is -4.62. The van der Waals surface area contributed by atoms with Crippen LogP contribution in [0.15, 0.2) is 97.1 Å². The Morgan fingerprint density at radius 3 is 2.08 bits per heavy atom. The van der Waals surface area contributed by atoms with E-state index in [1.807, 2.05) is 61.5 Å². The molecule has 0 radical (unpaired) electrons. The summed E-state index contributed by atoms with van der Waals surface area (Å²) in [6.07, 6.45) is -0.775. The first-order chi connectivity index (χ1) is 18.8. The van der Waals surface area contributed by atoms with E-state index in [1.165, 1.54) is 18.2 Å². The van der Waals surface area contributed by atoms with Crippen LogP contribution in [-0.4, -0.2) is 35.4 Å². The van der Waals surface area contributed by atoms with Crippen molar-refractivity contribution < 1.29 is 34.0 Å². The predicted octanol–water partition coefficient (Wildman–Crippen LogP) is 6.62. The minimum Gasteiger partial charge on any atom is -0.507 e. The summed E-state index contributed by atoms with van der Waals surface area (Å²) in [5.74, 6) is -1.52. The molecule has 7 nitrogen and oxygen atoms in total. The van der Waals surface area contributed by atoms with Crippen molar-refractivity contribution in [1.29, 1.82) is 0 Å². The van der Waals surface area contributed by atoms with Crippen LogP contribution < -0.4 is 0 Å². The molecule has 0 aliphatic rings. The van der Waals surface area contributed by atoms with Crippen molar-refractivity contribution in [3.63, 3.8) is 0 Å². The van der Waals surface area contributed by atoms with Crippen LogP contribution in [0.4, 0.5) is 0 Å². The summed E-state index contributed by atoms with van der Waals surface area (Å²) in [4.78, 5) is 25.0. The Labute approximate surface area is 227 Å². The van der Waals surface area contributed by atoms with Gasteiger partial charge in [-0.05, 0) is 66.4 Å². The molecule has 0 heterocycles. The molecule has 0 aromatic heterocycles. The van der Waals surface area contributed by atoms with Gasteiger partial charge in [-0.1, -0.05) is 66.7 Å². The fraction of sp³-hybridized carbons (Fsp3) is 0.188. The highest BCUT2D eigenvalue weighted by atomic mass is 16.6. The highest BCUT2D eigenvalue weighted by Crippen LogP contribution is 2.30. The molecule has 200 valence electrons. The fourth-order valence-electron chi connectivity index (χ4n) is 4.05.